The number of thiazole rings is 1. The van der Waals surface area contributed by atoms with Crippen molar-refractivity contribution in [2.75, 3.05) is 0 Å². The van der Waals surface area contributed by atoms with Crippen LogP contribution in [0.15, 0.2) is 24.4 Å². The first-order valence-electron chi connectivity index (χ1n) is 5.68. The zero-order valence-corrected chi connectivity index (χ0v) is 10.8. The van der Waals surface area contributed by atoms with Crippen molar-refractivity contribution >= 4 is 17.2 Å². The van der Waals surface area contributed by atoms with Gasteiger partial charge in [0.05, 0.1) is 11.4 Å². The summed E-state index contributed by atoms with van der Waals surface area (Å²) in [5.41, 5.74) is 3.71. The van der Waals surface area contributed by atoms with Crippen molar-refractivity contribution in [1.82, 2.24) is 15.4 Å². The van der Waals surface area contributed by atoms with Crippen molar-refractivity contribution in [3.63, 3.8) is 0 Å². The van der Waals surface area contributed by atoms with E-state index in [1.54, 1.807) is 6.20 Å². The Morgan fingerprint density at radius 2 is 2.33 bits per heavy atom. The SMILES string of the molecule is CCCc1nc(-c2ccccn2)sc1C(=O)NN. The van der Waals surface area contributed by atoms with Crippen LogP contribution < -0.4 is 11.3 Å². The molecule has 0 fully saturated rings. The number of amides is 1. The predicted octanol–water partition coefficient (Wildman–Crippen LogP) is 1.76. The van der Waals surface area contributed by atoms with Gasteiger partial charge in [-0.2, -0.15) is 0 Å². The second kappa shape index (κ2) is 5.70. The Labute approximate surface area is 109 Å². The summed E-state index contributed by atoms with van der Waals surface area (Å²) in [4.78, 5) is 20.9. The average molecular weight is 262 g/mol. The number of nitrogens with two attached hydrogens (primary N) is 1. The third-order valence-corrected chi connectivity index (χ3v) is 3.52. The van der Waals surface area contributed by atoms with Crippen LogP contribution in [-0.2, 0) is 6.42 Å². The molecule has 6 heteroatoms. The highest BCUT2D eigenvalue weighted by Gasteiger charge is 2.17. The van der Waals surface area contributed by atoms with E-state index in [-0.39, 0.29) is 5.91 Å². The minimum absolute atomic E-state index is 0.293. The number of nitrogens with one attached hydrogen (secondary N) is 1. The molecular weight excluding hydrogens is 248 g/mol. The third kappa shape index (κ3) is 2.55. The molecule has 0 radical (unpaired) electrons. The highest BCUT2D eigenvalue weighted by atomic mass is 32.1. The number of pyridine rings is 1. The van der Waals surface area contributed by atoms with Crippen LogP contribution in [0.1, 0.15) is 28.7 Å². The second-order valence-electron chi connectivity index (χ2n) is 3.73. The van der Waals surface area contributed by atoms with E-state index < -0.39 is 0 Å². The maximum absolute atomic E-state index is 11.7. The molecule has 2 rings (SSSR count). The Kier molecular flexibility index (Phi) is 4.01. The lowest BCUT2D eigenvalue weighted by molar-refractivity contribution is 0.0956. The van der Waals surface area contributed by atoms with Gasteiger partial charge in [0.25, 0.3) is 5.91 Å². The number of aryl methyl sites for hydroxylation is 1. The Morgan fingerprint density at radius 3 is 2.94 bits per heavy atom. The first-order chi connectivity index (χ1) is 8.76. The molecule has 94 valence electrons. The summed E-state index contributed by atoms with van der Waals surface area (Å²) in [6.07, 6.45) is 3.39. The minimum atomic E-state index is -0.293. The highest BCUT2D eigenvalue weighted by molar-refractivity contribution is 7.17. The van der Waals surface area contributed by atoms with Crippen molar-refractivity contribution in [2.45, 2.75) is 19.8 Å². The molecule has 0 aliphatic heterocycles. The van der Waals surface area contributed by atoms with E-state index in [1.807, 2.05) is 25.1 Å². The van der Waals surface area contributed by atoms with Gasteiger partial charge >= 0.3 is 0 Å². The number of hydrazine groups is 1. The van der Waals surface area contributed by atoms with E-state index in [4.69, 9.17) is 5.84 Å². The van der Waals surface area contributed by atoms with Gasteiger partial charge < -0.3 is 0 Å². The van der Waals surface area contributed by atoms with Gasteiger partial charge in [-0.15, -0.1) is 11.3 Å². The molecule has 5 nitrogen and oxygen atoms in total. The van der Waals surface area contributed by atoms with Crippen molar-refractivity contribution < 1.29 is 4.79 Å². The van der Waals surface area contributed by atoms with Crippen LogP contribution in [0.5, 0.6) is 0 Å². The molecule has 2 heterocycles. The summed E-state index contributed by atoms with van der Waals surface area (Å²) in [6.45, 7) is 2.05. The normalized spacial score (nSPS) is 10.3. The molecule has 3 N–H and O–H groups in total. The monoisotopic (exact) mass is 262 g/mol. The van der Waals surface area contributed by atoms with Crippen LogP contribution in [0.2, 0.25) is 0 Å². The van der Waals surface area contributed by atoms with Gasteiger partial charge in [-0.25, -0.2) is 10.8 Å². The molecule has 0 saturated heterocycles. The summed E-state index contributed by atoms with van der Waals surface area (Å²) in [5.74, 6) is 4.89. The number of carbonyl (C=O) groups is 1. The Bertz CT molecular complexity index is 538. The number of aromatic nitrogens is 2. The van der Waals surface area contributed by atoms with E-state index in [1.165, 1.54) is 11.3 Å². The van der Waals surface area contributed by atoms with E-state index in [0.29, 0.717) is 4.88 Å². The smallest absolute Gasteiger partial charge is 0.277 e. The lowest BCUT2D eigenvalue weighted by Gasteiger charge is -1.97. The molecule has 0 saturated carbocycles. The maximum atomic E-state index is 11.7. The topological polar surface area (TPSA) is 80.9 Å². The van der Waals surface area contributed by atoms with Gasteiger partial charge in [-0.3, -0.25) is 15.2 Å². The molecule has 0 spiro atoms. The summed E-state index contributed by atoms with van der Waals surface area (Å²) in [5, 5.41) is 0.748. The van der Waals surface area contributed by atoms with Gasteiger partial charge in [0.2, 0.25) is 0 Å². The van der Waals surface area contributed by atoms with E-state index >= 15 is 0 Å². The summed E-state index contributed by atoms with van der Waals surface area (Å²) in [6, 6.07) is 5.61. The van der Waals surface area contributed by atoms with Gasteiger partial charge in [-0.1, -0.05) is 19.4 Å². The second-order valence-corrected chi connectivity index (χ2v) is 4.73. The number of nitrogen functional groups attached to an aromatic ring is 1. The zero-order chi connectivity index (χ0) is 13.0. The molecule has 0 aliphatic carbocycles. The van der Waals surface area contributed by atoms with Gasteiger partial charge in [0, 0.05) is 6.20 Å². The molecule has 0 atom stereocenters. The quantitative estimate of drug-likeness (QED) is 0.500. The number of hydrogen-bond donors (Lipinski definition) is 2. The van der Waals surface area contributed by atoms with Crippen molar-refractivity contribution in [2.24, 2.45) is 5.84 Å². The fraction of sp³-hybridized carbons (Fsp3) is 0.250. The molecule has 18 heavy (non-hydrogen) atoms. The summed E-state index contributed by atoms with van der Waals surface area (Å²) < 4.78 is 0. The van der Waals surface area contributed by atoms with Crippen molar-refractivity contribution in [3.05, 3.63) is 35.0 Å². The van der Waals surface area contributed by atoms with E-state index in [2.05, 4.69) is 15.4 Å². The van der Waals surface area contributed by atoms with Crippen LogP contribution in [0, 0.1) is 0 Å². The maximum Gasteiger partial charge on any atom is 0.277 e. The lowest BCUT2D eigenvalue weighted by Crippen LogP contribution is -2.30. The molecular formula is C12H14N4OS. The standard InChI is InChI=1S/C12H14N4OS/c1-2-5-8-10(11(17)16-13)18-12(15-8)9-6-3-4-7-14-9/h3-4,6-7H,2,5,13H2,1H3,(H,16,17). The van der Waals surface area contributed by atoms with Crippen LogP contribution in [-0.4, -0.2) is 15.9 Å². The lowest BCUT2D eigenvalue weighted by atomic mass is 10.2. The Morgan fingerprint density at radius 1 is 1.50 bits per heavy atom. The van der Waals surface area contributed by atoms with Crippen LogP contribution in [0.25, 0.3) is 10.7 Å². The molecule has 0 aromatic carbocycles. The van der Waals surface area contributed by atoms with Crippen molar-refractivity contribution in [3.8, 4) is 10.7 Å². The fourth-order valence-corrected chi connectivity index (χ4v) is 2.59. The minimum Gasteiger partial charge on any atom is -0.289 e. The molecule has 0 aliphatic rings. The molecule has 1 amide bonds. The zero-order valence-electron chi connectivity index (χ0n) is 10.0. The van der Waals surface area contributed by atoms with E-state index in [0.717, 1.165) is 29.2 Å². The predicted molar refractivity (Wildman–Crippen MR) is 71.0 cm³/mol. The molecule has 2 aromatic rings. The first-order valence-corrected chi connectivity index (χ1v) is 6.50. The average Bonchev–Trinajstić information content (AvgIpc) is 2.83. The van der Waals surface area contributed by atoms with Crippen LogP contribution in [0.4, 0.5) is 0 Å². The van der Waals surface area contributed by atoms with Gasteiger partial charge in [0.15, 0.2) is 0 Å². The van der Waals surface area contributed by atoms with Gasteiger partial charge in [0.1, 0.15) is 9.88 Å². The van der Waals surface area contributed by atoms with Crippen LogP contribution >= 0.6 is 11.3 Å². The summed E-state index contributed by atoms with van der Waals surface area (Å²) in [7, 11) is 0. The number of hydrogen-bond acceptors (Lipinski definition) is 5. The Balaban J connectivity index is 2.42. The Hall–Kier alpha value is -1.79. The molecule has 0 unspecified atom stereocenters. The van der Waals surface area contributed by atoms with Crippen molar-refractivity contribution in [1.29, 1.82) is 0 Å². The molecule has 0 bridgehead atoms. The first kappa shape index (κ1) is 12.7. The number of nitrogens with zero attached hydrogens (tertiary/aromatic N) is 2. The molecule has 2 aromatic heterocycles. The third-order valence-electron chi connectivity index (χ3n) is 2.41. The van der Waals surface area contributed by atoms with E-state index in [9.17, 15) is 4.79 Å². The van der Waals surface area contributed by atoms with Gasteiger partial charge in [-0.05, 0) is 18.6 Å². The highest BCUT2D eigenvalue weighted by Crippen LogP contribution is 2.27. The number of carbonyl (C=O) groups excluding carboxylic acids is 1. The largest absolute Gasteiger partial charge is 0.289 e. The number of rotatable bonds is 4. The fourth-order valence-electron chi connectivity index (χ4n) is 1.60. The summed E-state index contributed by atoms with van der Waals surface area (Å²) >= 11 is 1.32. The van der Waals surface area contributed by atoms with Crippen LogP contribution in [0.3, 0.4) is 0 Å².